The maximum absolute atomic E-state index is 11.4. The van der Waals surface area contributed by atoms with Crippen LogP contribution in [0.3, 0.4) is 0 Å². The molecular weight excluding hydrogens is 184 g/mol. The zero-order chi connectivity index (χ0) is 10.3. The fourth-order valence-electron chi connectivity index (χ4n) is 0.828. The molecule has 0 rings (SSSR count). The van der Waals surface area contributed by atoms with Gasteiger partial charge in [0.2, 0.25) is 5.91 Å². The molecule has 3 N–H and O–H groups in total. The fourth-order valence-corrected chi connectivity index (χ4v) is 1.32. The number of carbonyl (C=O) groups is 1. The molecule has 0 heterocycles. The second-order valence-corrected chi connectivity index (χ2v) is 4.19. The molecule has 0 radical (unpaired) electrons. The Labute approximate surface area is 84.8 Å². The van der Waals surface area contributed by atoms with Crippen molar-refractivity contribution in [2.45, 2.75) is 38.8 Å². The van der Waals surface area contributed by atoms with E-state index in [4.69, 9.17) is 5.73 Å². The predicted octanol–water partition coefficient (Wildman–Crippen LogP) is 0.982. The van der Waals surface area contributed by atoms with Gasteiger partial charge in [0.1, 0.15) is 0 Å². The van der Waals surface area contributed by atoms with E-state index in [1.54, 1.807) is 11.8 Å². The molecule has 0 aromatic heterocycles. The van der Waals surface area contributed by atoms with Gasteiger partial charge in [-0.2, -0.15) is 11.8 Å². The molecule has 2 atom stereocenters. The molecule has 0 fully saturated rings. The zero-order valence-electron chi connectivity index (χ0n) is 8.67. The van der Waals surface area contributed by atoms with E-state index in [-0.39, 0.29) is 18.0 Å². The topological polar surface area (TPSA) is 55.1 Å². The highest BCUT2D eigenvalue weighted by atomic mass is 32.2. The Morgan fingerprint density at radius 1 is 1.62 bits per heavy atom. The van der Waals surface area contributed by atoms with Gasteiger partial charge in [-0.3, -0.25) is 4.79 Å². The van der Waals surface area contributed by atoms with Gasteiger partial charge in [-0.15, -0.1) is 0 Å². The van der Waals surface area contributed by atoms with Crippen LogP contribution in [-0.4, -0.2) is 30.0 Å². The summed E-state index contributed by atoms with van der Waals surface area (Å²) in [5.74, 6) is 0.915. The molecule has 0 bridgehead atoms. The largest absolute Gasteiger partial charge is 0.352 e. The first kappa shape index (κ1) is 12.8. The van der Waals surface area contributed by atoms with Crippen molar-refractivity contribution in [3.8, 4) is 0 Å². The highest BCUT2D eigenvalue weighted by Crippen LogP contribution is 1.99. The Kier molecular flexibility index (Phi) is 7.09. The molecule has 0 saturated heterocycles. The number of thioether (sulfide) groups is 1. The minimum atomic E-state index is -0.346. The van der Waals surface area contributed by atoms with Gasteiger partial charge in [0.15, 0.2) is 0 Å². The van der Waals surface area contributed by atoms with E-state index in [0.29, 0.717) is 0 Å². The van der Waals surface area contributed by atoms with Crippen LogP contribution < -0.4 is 11.1 Å². The maximum Gasteiger partial charge on any atom is 0.237 e. The third kappa shape index (κ3) is 5.93. The second-order valence-electron chi connectivity index (χ2n) is 3.21. The van der Waals surface area contributed by atoms with Gasteiger partial charge >= 0.3 is 0 Å². The van der Waals surface area contributed by atoms with Crippen molar-refractivity contribution in [2.75, 3.05) is 12.0 Å². The van der Waals surface area contributed by atoms with Crippen molar-refractivity contribution in [1.82, 2.24) is 5.32 Å². The van der Waals surface area contributed by atoms with Crippen molar-refractivity contribution < 1.29 is 4.79 Å². The third-order valence-corrected chi connectivity index (χ3v) is 2.61. The van der Waals surface area contributed by atoms with Crippen molar-refractivity contribution in [1.29, 1.82) is 0 Å². The lowest BCUT2D eigenvalue weighted by atomic mass is 10.2. The molecule has 13 heavy (non-hydrogen) atoms. The second kappa shape index (κ2) is 7.21. The van der Waals surface area contributed by atoms with Crippen molar-refractivity contribution in [2.24, 2.45) is 5.73 Å². The van der Waals surface area contributed by atoms with Crippen LogP contribution in [0.25, 0.3) is 0 Å². The molecule has 0 aliphatic heterocycles. The van der Waals surface area contributed by atoms with Crippen LogP contribution in [0.15, 0.2) is 0 Å². The summed E-state index contributed by atoms with van der Waals surface area (Å²) in [5, 5.41) is 2.87. The minimum absolute atomic E-state index is 0.0246. The first-order valence-corrected chi connectivity index (χ1v) is 6.06. The highest BCUT2D eigenvalue weighted by molar-refractivity contribution is 7.98. The van der Waals surface area contributed by atoms with Crippen molar-refractivity contribution >= 4 is 17.7 Å². The number of carbonyl (C=O) groups excluding carboxylic acids is 1. The van der Waals surface area contributed by atoms with E-state index in [1.165, 1.54) is 0 Å². The average molecular weight is 204 g/mol. The third-order valence-electron chi connectivity index (χ3n) is 1.97. The Hall–Kier alpha value is -0.220. The van der Waals surface area contributed by atoms with E-state index in [1.807, 2.05) is 20.1 Å². The summed E-state index contributed by atoms with van der Waals surface area (Å²) in [5.41, 5.74) is 5.68. The molecule has 0 aromatic carbocycles. The average Bonchev–Trinajstić information content (AvgIpc) is 2.13. The summed E-state index contributed by atoms with van der Waals surface area (Å²) in [6, 6.07) is -0.116. The Morgan fingerprint density at radius 3 is 2.69 bits per heavy atom. The molecule has 78 valence electrons. The minimum Gasteiger partial charge on any atom is -0.352 e. The van der Waals surface area contributed by atoms with E-state index < -0.39 is 0 Å². The van der Waals surface area contributed by atoms with Crippen LogP contribution in [0, 0.1) is 0 Å². The summed E-state index contributed by atoms with van der Waals surface area (Å²) < 4.78 is 0. The van der Waals surface area contributed by atoms with Gasteiger partial charge in [0.25, 0.3) is 0 Å². The van der Waals surface area contributed by atoms with Crippen LogP contribution in [0.4, 0.5) is 0 Å². The molecule has 1 amide bonds. The van der Waals surface area contributed by atoms with Crippen molar-refractivity contribution in [3.63, 3.8) is 0 Å². The lowest BCUT2D eigenvalue weighted by molar-refractivity contribution is -0.123. The molecule has 0 spiro atoms. The number of hydrogen-bond acceptors (Lipinski definition) is 3. The first-order valence-electron chi connectivity index (χ1n) is 4.66. The summed E-state index contributed by atoms with van der Waals surface area (Å²) in [6.45, 7) is 4.03. The monoisotopic (exact) mass is 204 g/mol. The Bertz CT molecular complexity index is 153. The Balaban J connectivity index is 3.68. The number of nitrogens with two attached hydrogens (primary N) is 1. The molecule has 0 saturated carbocycles. The van der Waals surface area contributed by atoms with Crippen LogP contribution in [0.1, 0.15) is 26.7 Å². The number of rotatable bonds is 6. The molecule has 4 heteroatoms. The standard InChI is InChI=1S/C9H20N2OS/c1-4-7(2)11-9(12)8(10)5-6-13-3/h7-8H,4-6,10H2,1-3H3,(H,11,12). The maximum atomic E-state index is 11.4. The summed E-state index contributed by atoms with van der Waals surface area (Å²) in [7, 11) is 0. The van der Waals surface area contributed by atoms with E-state index >= 15 is 0 Å². The zero-order valence-corrected chi connectivity index (χ0v) is 9.49. The SMILES string of the molecule is CCC(C)NC(=O)C(N)CCSC. The number of nitrogens with one attached hydrogen (secondary N) is 1. The van der Waals surface area contributed by atoms with Gasteiger partial charge in [-0.25, -0.2) is 0 Å². The van der Waals surface area contributed by atoms with Gasteiger partial charge in [0, 0.05) is 6.04 Å². The Morgan fingerprint density at radius 2 is 2.23 bits per heavy atom. The predicted molar refractivity (Wildman–Crippen MR) is 58.9 cm³/mol. The molecule has 0 aliphatic carbocycles. The molecular formula is C9H20N2OS. The van der Waals surface area contributed by atoms with Crippen LogP contribution in [0.5, 0.6) is 0 Å². The van der Waals surface area contributed by atoms with E-state index in [0.717, 1.165) is 18.6 Å². The summed E-state index contributed by atoms with van der Waals surface area (Å²) in [4.78, 5) is 11.4. The van der Waals surface area contributed by atoms with Gasteiger partial charge < -0.3 is 11.1 Å². The molecule has 2 unspecified atom stereocenters. The van der Waals surface area contributed by atoms with Gasteiger partial charge in [0.05, 0.1) is 6.04 Å². The van der Waals surface area contributed by atoms with Gasteiger partial charge in [-0.1, -0.05) is 6.92 Å². The molecule has 0 aliphatic rings. The number of hydrogen-bond donors (Lipinski definition) is 2. The first-order chi connectivity index (χ1) is 6.11. The highest BCUT2D eigenvalue weighted by Gasteiger charge is 2.13. The lowest BCUT2D eigenvalue weighted by Crippen LogP contribution is -2.44. The fraction of sp³-hybridized carbons (Fsp3) is 0.889. The van der Waals surface area contributed by atoms with E-state index in [9.17, 15) is 4.79 Å². The van der Waals surface area contributed by atoms with Gasteiger partial charge in [-0.05, 0) is 31.8 Å². The quantitative estimate of drug-likeness (QED) is 0.678. The summed E-state index contributed by atoms with van der Waals surface area (Å²) in [6.07, 6.45) is 3.71. The van der Waals surface area contributed by atoms with Crippen molar-refractivity contribution in [3.05, 3.63) is 0 Å². The molecule has 0 aromatic rings. The molecule has 3 nitrogen and oxygen atoms in total. The smallest absolute Gasteiger partial charge is 0.237 e. The number of amides is 1. The summed E-state index contributed by atoms with van der Waals surface area (Å²) >= 11 is 1.71. The normalized spacial score (nSPS) is 15.1. The van der Waals surface area contributed by atoms with Crippen LogP contribution in [0.2, 0.25) is 0 Å². The van der Waals surface area contributed by atoms with Crippen LogP contribution >= 0.6 is 11.8 Å². The van der Waals surface area contributed by atoms with E-state index in [2.05, 4.69) is 5.32 Å². The lowest BCUT2D eigenvalue weighted by Gasteiger charge is -2.15. The van der Waals surface area contributed by atoms with Crippen LogP contribution in [-0.2, 0) is 4.79 Å².